The zero-order valence-corrected chi connectivity index (χ0v) is 15.6. The molecule has 0 aromatic heterocycles. The molecule has 8 nitrogen and oxygen atoms in total. The summed E-state index contributed by atoms with van der Waals surface area (Å²) in [5.74, 6) is -0.374. The molecule has 0 saturated heterocycles. The molecule has 0 heterocycles. The molecule has 2 amide bonds. The van der Waals surface area contributed by atoms with E-state index in [1.165, 1.54) is 0 Å². The summed E-state index contributed by atoms with van der Waals surface area (Å²) in [6.45, 7) is 1.96. The molecule has 146 valence electrons. The van der Waals surface area contributed by atoms with E-state index in [4.69, 9.17) is 10.3 Å². The van der Waals surface area contributed by atoms with Crippen molar-refractivity contribution in [1.82, 2.24) is 10.6 Å². The number of rotatable bonds is 9. The van der Waals surface area contributed by atoms with Gasteiger partial charge in [-0.05, 0) is 23.6 Å². The van der Waals surface area contributed by atoms with Gasteiger partial charge in [-0.2, -0.15) is 0 Å². The van der Waals surface area contributed by atoms with Gasteiger partial charge in [-0.15, -0.1) is 0 Å². The van der Waals surface area contributed by atoms with Gasteiger partial charge in [0.25, 0.3) is 0 Å². The van der Waals surface area contributed by atoms with E-state index in [0.717, 1.165) is 11.1 Å². The highest BCUT2D eigenvalue weighted by molar-refractivity contribution is 5.86. The van der Waals surface area contributed by atoms with Crippen LogP contribution in [0.1, 0.15) is 18.1 Å². The Bertz CT molecular complexity index is 807. The Morgan fingerprint density at radius 1 is 1.04 bits per heavy atom. The number of hydrogen-bond donors (Lipinski definition) is 2. The van der Waals surface area contributed by atoms with Crippen LogP contribution in [0.2, 0.25) is 0 Å². The van der Waals surface area contributed by atoms with E-state index in [0.29, 0.717) is 6.42 Å². The van der Waals surface area contributed by atoms with Gasteiger partial charge < -0.3 is 15.4 Å². The lowest BCUT2D eigenvalue weighted by molar-refractivity contribution is -0.123. The number of hydrogen-bond acceptors (Lipinski definition) is 4. The van der Waals surface area contributed by atoms with Gasteiger partial charge in [0.1, 0.15) is 12.6 Å². The number of carbonyl (C=O) groups is 2. The minimum Gasteiger partial charge on any atom is -0.445 e. The fraction of sp³-hybridized carbons (Fsp3) is 0.300. The predicted molar refractivity (Wildman–Crippen MR) is 105 cm³/mol. The maximum Gasteiger partial charge on any atom is 0.408 e. The quantitative estimate of drug-likeness (QED) is 0.394. The maximum atomic E-state index is 12.6. The monoisotopic (exact) mass is 381 g/mol. The van der Waals surface area contributed by atoms with Crippen LogP contribution in [0, 0.1) is 0 Å². The minimum absolute atomic E-state index is 0.111. The zero-order valence-electron chi connectivity index (χ0n) is 15.6. The van der Waals surface area contributed by atoms with E-state index in [1.807, 2.05) is 60.7 Å². The van der Waals surface area contributed by atoms with E-state index in [9.17, 15) is 9.59 Å². The molecular weight excluding hydrogens is 358 g/mol. The highest BCUT2D eigenvalue weighted by atomic mass is 16.5. The van der Waals surface area contributed by atoms with Crippen molar-refractivity contribution in [3.8, 4) is 0 Å². The first kappa shape index (κ1) is 20.8. The first-order valence-corrected chi connectivity index (χ1v) is 8.91. The molecule has 8 heteroatoms. The van der Waals surface area contributed by atoms with Gasteiger partial charge in [0, 0.05) is 23.9 Å². The molecule has 0 aliphatic carbocycles. The van der Waals surface area contributed by atoms with Crippen LogP contribution in [0.5, 0.6) is 0 Å². The molecule has 0 aliphatic rings. The molecule has 2 rings (SSSR count). The van der Waals surface area contributed by atoms with Crippen molar-refractivity contribution >= 4 is 12.0 Å². The van der Waals surface area contributed by atoms with Crippen LogP contribution in [0.15, 0.2) is 65.8 Å². The lowest BCUT2D eigenvalue weighted by atomic mass is 10.1. The van der Waals surface area contributed by atoms with Crippen LogP contribution in [-0.2, 0) is 22.6 Å². The van der Waals surface area contributed by atoms with Crippen LogP contribution < -0.4 is 10.6 Å². The molecule has 2 atom stereocenters. The fourth-order valence-corrected chi connectivity index (χ4v) is 2.51. The smallest absolute Gasteiger partial charge is 0.408 e. The van der Waals surface area contributed by atoms with Gasteiger partial charge in [0.05, 0.1) is 0 Å². The Balaban J connectivity index is 1.99. The van der Waals surface area contributed by atoms with E-state index in [1.54, 1.807) is 6.92 Å². The van der Waals surface area contributed by atoms with Crippen molar-refractivity contribution in [1.29, 1.82) is 0 Å². The molecule has 0 saturated carbocycles. The summed E-state index contributed by atoms with van der Waals surface area (Å²) in [4.78, 5) is 27.5. The van der Waals surface area contributed by atoms with E-state index in [2.05, 4.69) is 20.7 Å². The van der Waals surface area contributed by atoms with Crippen LogP contribution in [0.4, 0.5) is 4.79 Å². The molecule has 0 aliphatic heterocycles. The standard InChI is InChI=1S/C20H23N5O3/c1-15(13-22-25-21)23-19(26)18(12-16-8-4-2-5-9-16)24-20(27)28-14-17-10-6-3-7-11-17/h2-11,15,18H,12-14H2,1H3,(H,23,26)(H,24,27)/t15-,18-/m0/s1. The second-order valence-electron chi connectivity index (χ2n) is 6.27. The molecule has 2 aromatic carbocycles. The number of nitrogens with one attached hydrogen (secondary N) is 2. The second kappa shape index (κ2) is 11.3. The van der Waals surface area contributed by atoms with Gasteiger partial charge >= 0.3 is 6.09 Å². The third-order valence-electron chi connectivity index (χ3n) is 3.91. The number of benzene rings is 2. The molecular formula is C20H23N5O3. The SMILES string of the molecule is C[C@@H](CN=[N+]=[N-])NC(=O)[C@H](Cc1ccccc1)NC(=O)OCc1ccccc1. The highest BCUT2D eigenvalue weighted by Gasteiger charge is 2.23. The van der Waals surface area contributed by atoms with Gasteiger partial charge in [-0.25, -0.2) is 4.79 Å². The summed E-state index contributed by atoms with van der Waals surface area (Å²) in [5, 5.41) is 8.81. The predicted octanol–water partition coefficient (Wildman–Crippen LogP) is 3.34. The topological polar surface area (TPSA) is 116 Å². The van der Waals surface area contributed by atoms with Crippen LogP contribution in [0.25, 0.3) is 10.4 Å². The molecule has 0 unspecified atom stereocenters. The van der Waals surface area contributed by atoms with Gasteiger partial charge in [-0.1, -0.05) is 65.8 Å². The van der Waals surface area contributed by atoms with Gasteiger partial charge in [-0.3, -0.25) is 4.79 Å². The Hall–Kier alpha value is -3.51. The number of amides is 2. The number of azide groups is 1. The second-order valence-corrected chi connectivity index (χ2v) is 6.27. The largest absolute Gasteiger partial charge is 0.445 e. The summed E-state index contributed by atoms with van der Waals surface area (Å²) in [6.07, 6.45) is -0.371. The highest BCUT2D eigenvalue weighted by Crippen LogP contribution is 2.06. The Morgan fingerprint density at radius 2 is 1.64 bits per heavy atom. The Labute approximate surface area is 163 Å². The third kappa shape index (κ3) is 7.39. The zero-order chi connectivity index (χ0) is 20.2. The minimum atomic E-state index is -0.820. The van der Waals surface area contributed by atoms with Crippen molar-refractivity contribution < 1.29 is 14.3 Å². The number of carbonyl (C=O) groups excluding carboxylic acids is 2. The lowest BCUT2D eigenvalue weighted by Crippen LogP contribution is -2.50. The van der Waals surface area contributed by atoms with E-state index >= 15 is 0 Å². The Kier molecular flexibility index (Phi) is 8.36. The Morgan fingerprint density at radius 3 is 2.25 bits per heavy atom. The van der Waals surface area contributed by atoms with E-state index in [-0.39, 0.29) is 25.1 Å². The third-order valence-corrected chi connectivity index (χ3v) is 3.91. The molecule has 0 radical (unpaired) electrons. The lowest BCUT2D eigenvalue weighted by Gasteiger charge is -2.20. The average Bonchev–Trinajstić information content (AvgIpc) is 2.71. The van der Waals surface area contributed by atoms with Crippen molar-refractivity contribution in [2.45, 2.75) is 32.0 Å². The van der Waals surface area contributed by atoms with Crippen LogP contribution >= 0.6 is 0 Å². The molecule has 2 aromatic rings. The summed E-state index contributed by atoms with van der Waals surface area (Å²) < 4.78 is 5.22. The van der Waals surface area contributed by atoms with Gasteiger partial charge in [0.2, 0.25) is 5.91 Å². The van der Waals surface area contributed by atoms with Crippen molar-refractivity contribution in [3.05, 3.63) is 82.2 Å². The summed E-state index contributed by atoms with van der Waals surface area (Å²) in [5.41, 5.74) is 10.1. The first-order valence-electron chi connectivity index (χ1n) is 8.91. The maximum absolute atomic E-state index is 12.6. The average molecular weight is 381 g/mol. The summed E-state index contributed by atoms with van der Waals surface area (Å²) >= 11 is 0. The molecule has 0 bridgehead atoms. The fourth-order valence-electron chi connectivity index (χ4n) is 2.51. The molecule has 0 spiro atoms. The molecule has 0 fully saturated rings. The van der Waals surface area contributed by atoms with Crippen LogP contribution in [-0.4, -0.2) is 30.6 Å². The van der Waals surface area contributed by atoms with Crippen LogP contribution in [0.3, 0.4) is 0 Å². The number of alkyl carbamates (subject to hydrolysis) is 1. The number of nitrogens with zero attached hydrogens (tertiary/aromatic N) is 3. The molecule has 2 N–H and O–H groups in total. The first-order chi connectivity index (χ1) is 13.6. The van der Waals surface area contributed by atoms with Gasteiger partial charge in [0.15, 0.2) is 0 Å². The molecule has 28 heavy (non-hydrogen) atoms. The van der Waals surface area contributed by atoms with E-state index < -0.39 is 12.1 Å². The summed E-state index contributed by atoms with van der Waals surface area (Å²) in [6, 6.07) is 17.5. The van der Waals surface area contributed by atoms with Crippen molar-refractivity contribution in [2.75, 3.05) is 6.54 Å². The van der Waals surface area contributed by atoms with Crippen molar-refractivity contribution in [2.24, 2.45) is 5.11 Å². The number of ether oxygens (including phenoxy) is 1. The normalized spacial score (nSPS) is 12.2. The van der Waals surface area contributed by atoms with Crippen molar-refractivity contribution in [3.63, 3.8) is 0 Å². The summed E-state index contributed by atoms with van der Waals surface area (Å²) in [7, 11) is 0.